The Morgan fingerprint density at radius 2 is 1.79 bits per heavy atom. The molecule has 2 aliphatic heterocycles. The number of piperidine rings is 1. The topological polar surface area (TPSA) is 90.0 Å². The van der Waals surface area contributed by atoms with Crippen molar-refractivity contribution in [3.05, 3.63) is 71.9 Å². The van der Waals surface area contributed by atoms with E-state index in [2.05, 4.69) is 54.3 Å². The van der Waals surface area contributed by atoms with E-state index in [9.17, 15) is 4.79 Å². The van der Waals surface area contributed by atoms with Crippen molar-refractivity contribution in [1.29, 1.82) is 0 Å². The number of nitrogens with zero attached hydrogens (tertiary/aromatic N) is 5. The Hall–Kier alpha value is -3.62. The van der Waals surface area contributed by atoms with E-state index in [0.717, 1.165) is 78.6 Å². The van der Waals surface area contributed by atoms with Gasteiger partial charge in [-0.05, 0) is 99.2 Å². The molecule has 1 aromatic carbocycles. The fourth-order valence-electron chi connectivity index (χ4n) is 5.58. The zero-order chi connectivity index (χ0) is 25.9. The first-order chi connectivity index (χ1) is 18.6. The minimum atomic E-state index is -0.238. The van der Waals surface area contributed by atoms with E-state index in [0.29, 0.717) is 5.69 Å². The summed E-state index contributed by atoms with van der Waals surface area (Å²) in [4.78, 5) is 27.2. The zero-order valence-electron chi connectivity index (χ0n) is 22.0. The van der Waals surface area contributed by atoms with Gasteiger partial charge in [0.2, 0.25) is 0 Å². The lowest BCUT2D eigenvalue weighted by Gasteiger charge is -2.30. The first-order valence-corrected chi connectivity index (χ1v) is 13.7. The number of rotatable bonds is 7. The second-order valence-electron chi connectivity index (χ2n) is 10.8. The quantitative estimate of drug-likeness (QED) is 0.360. The first kappa shape index (κ1) is 24.7. The highest BCUT2D eigenvalue weighted by Crippen LogP contribution is 2.27. The monoisotopic (exact) mass is 509 g/mol. The Kier molecular flexibility index (Phi) is 7.16. The molecule has 2 N–H and O–H groups in total. The summed E-state index contributed by atoms with van der Waals surface area (Å²) in [5.41, 5.74) is 6.18. The maximum absolute atomic E-state index is 13.2. The SMILES string of the molecule is CC1CCN(Cc2cncc(-c3ccc4[nH]nc(C(=O)Nc5ccnc(CN6CCCC6)c5)c4c3)c2)CC1. The summed E-state index contributed by atoms with van der Waals surface area (Å²) in [6.45, 7) is 8.56. The molecular formula is C30H35N7O. The molecule has 3 aromatic heterocycles. The third kappa shape index (κ3) is 5.61. The molecule has 0 aliphatic carbocycles. The number of nitrogens with one attached hydrogen (secondary N) is 2. The molecular weight excluding hydrogens is 474 g/mol. The molecule has 0 bridgehead atoms. The molecule has 2 aliphatic rings. The minimum absolute atomic E-state index is 0.238. The molecule has 8 nitrogen and oxygen atoms in total. The Labute approximate surface area is 223 Å². The van der Waals surface area contributed by atoms with Crippen LogP contribution in [0.25, 0.3) is 22.0 Å². The summed E-state index contributed by atoms with van der Waals surface area (Å²) >= 11 is 0. The van der Waals surface area contributed by atoms with Crippen LogP contribution in [0, 0.1) is 5.92 Å². The minimum Gasteiger partial charge on any atom is -0.320 e. The zero-order valence-corrected chi connectivity index (χ0v) is 22.0. The number of anilines is 1. The number of amides is 1. The molecule has 0 unspecified atom stereocenters. The third-order valence-electron chi connectivity index (χ3n) is 7.85. The Morgan fingerprint density at radius 3 is 2.63 bits per heavy atom. The fourth-order valence-corrected chi connectivity index (χ4v) is 5.58. The van der Waals surface area contributed by atoms with Crippen LogP contribution in [0.2, 0.25) is 0 Å². The van der Waals surface area contributed by atoms with Crippen molar-refractivity contribution in [2.24, 2.45) is 5.92 Å². The second kappa shape index (κ2) is 11.0. The maximum atomic E-state index is 13.2. The molecule has 0 atom stereocenters. The summed E-state index contributed by atoms with van der Waals surface area (Å²) in [6.07, 6.45) is 10.6. The fraction of sp³-hybridized carbons (Fsp3) is 0.400. The average molecular weight is 510 g/mol. The van der Waals surface area contributed by atoms with E-state index in [1.165, 1.54) is 31.2 Å². The predicted octanol–water partition coefficient (Wildman–Crippen LogP) is 5.10. The largest absolute Gasteiger partial charge is 0.320 e. The number of fused-ring (bicyclic) bond motifs is 1. The molecule has 2 saturated heterocycles. The lowest BCUT2D eigenvalue weighted by molar-refractivity contribution is 0.102. The Bertz CT molecular complexity index is 1420. The number of carbonyl (C=O) groups is 1. The lowest BCUT2D eigenvalue weighted by Crippen LogP contribution is -2.32. The third-order valence-corrected chi connectivity index (χ3v) is 7.85. The van der Waals surface area contributed by atoms with Crippen LogP contribution in [0.5, 0.6) is 0 Å². The molecule has 38 heavy (non-hydrogen) atoms. The number of pyridine rings is 2. The molecule has 0 spiro atoms. The number of hydrogen-bond donors (Lipinski definition) is 2. The van der Waals surface area contributed by atoms with Crippen LogP contribution in [-0.2, 0) is 13.1 Å². The Morgan fingerprint density at radius 1 is 0.974 bits per heavy atom. The van der Waals surface area contributed by atoms with Gasteiger partial charge in [0.1, 0.15) is 0 Å². The summed E-state index contributed by atoms with van der Waals surface area (Å²) in [7, 11) is 0. The molecule has 1 amide bonds. The van der Waals surface area contributed by atoms with Gasteiger partial charge >= 0.3 is 0 Å². The van der Waals surface area contributed by atoms with Gasteiger partial charge in [-0.3, -0.25) is 29.7 Å². The van der Waals surface area contributed by atoms with Crippen molar-refractivity contribution in [3.8, 4) is 11.1 Å². The van der Waals surface area contributed by atoms with Crippen LogP contribution in [0.3, 0.4) is 0 Å². The predicted molar refractivity (Wildman–Crippen MR) is 150 cm³/mol. The number of H-pyrrole nitrogens is 1. The highest BCUT2D eigenvalue weighted by molar-refractivity contribution is 6.11. The second-order valence-corrected chi connectivity index (χ2v) is 10.8. The van der Waals surface area contributed by atoms with Crippen LogP contribution in [0.4, 0.5) is 5.69 Å². The molecule has 2 fully saturated rings. The van der Waals surface area contributed by atoms with Gasteiger partial charge in [-0.25, -0.2) is 0 Å². The van der Waals surface area contributed by atoms with E-state index in [1.807, 2.05) is 36.7 Å². The van der Waals surface area contributed by atoms with Crippen LogP contribution in [0.15, 0.2) is 55.0 Å². The van der Waals surface area contributed by atoms with Crippen molar-refractivity contribution in [3.63, 3.8) is 0 Å². The van der Waals surface area contributed by atoms with E-state index in [1.54, 1.807) is 6.20 Å². The number of aromatic amines is 1. The smallest absolute Gasteiger partial charge is 0.276 e. The van der Waals surface area contributed by atoms with E-state index >= 15 is 0 Å². The molecule has 4 aromatic rings. The number of carbonyl (C=O) groups excluding carboxylic acids is 1. The average Bonchev–Trinajstić information content (AvgIpc) is 3.60. The number of aromatic nitrogens is 4. The molecule has 5 heterocycles. The van der Waals surface area contributed by atoms with E-state index in [4.69, 9.17) is 0 Å². The van der Waals surface area contributed by atoms with Crippen LogP contribution in [-0.4, -0.2) is 62.1 Å². The van der Waals surface area contributed by atoms with Crippen molar-refractivity contribution in [2.75, 3.05) is 31.5 Å². The molecule has 6 rings (SSSR count). The molecule has 8 heteroatoms. The first-order valence-electron chi connectivity index (χ1n) is 13.7. The number of benzene rings is 1. The highest BCUT2D eigenvalue weighted by Gasteiger charge is 2.18. The summed E-state index contributed by atoms with van der Waals surface area (Å²) < 4.78 is 0. The molecule has 196 valence electrons. The van der Waals surface area contributed by atoms with E-state index in [-0.39, 0.29) is 5.91 Å². The number of likely N-dealkylation sites (tertiary alicyclic amines) is 2. The van der Waals surface area contributed by atoms with Gasteiger partial charge in [0.05, 0.1) is 11.2 Å². The Balaban J connectivity index is 1.19. The van der Waals surface area contributed by atoms with Gasteiger partial charge in [-0.15, -0.1) is 0 Å². The van der Waals surface area contributed by atoms with Crippen LogP contribution >= 0.6 is 0 Å². The van der Waals surface area contributed by atoms with Gasteiger partial charge in [0, 0.05) is 48.3 Å². The maximum Gasteiger partial charge on any atom is 0.276 e. The van der Waals surface area contributed by atoms with Crippen LogP contribution < -0.4 is 5.32 Å². The molecule has 0 radical (unpaired) electrons. The molecule has 0 saturated carbocycles. The van der Waals surface area contributed by atoms with Crippen molar-refractivity contribution in [1.82, 2.24) is 30.0 Å². The highest BCUT2D eigenvalue weighted by atomic mass is 16.1. The van der Waals surface area contributed by atoms with Crippen LogP contribution in [0.1, 0.15) is 54.4 Å². The standard InChI is InChI=1S/C30H35N7O/c1-21-7-12-37(13-8-21)19-22-14-24(18-31-17-22)23-4-5-28-27(15-23)29(35-34-28)30(38)33-25-6-9-32-26(16-25)20-36-10-2-3-11-36/h4-6,9,14-18,21H,2-3,7-8,10-13,19-20H2,1H3,(H,34,35)(H,32,33,38). The van der Waals surface area contributed by atoms with Crippen molar-refractivity contribution in [2.45, 2.75) is 45.7 Å². The summed E-state index contributed by atoms with van der Waals surface area (Å²) in [5, 5.41) is 11.2. The van der Waals surface area contributed by atoms with Gasteiger partial charge in [-0.1, -0.05) is 13.0 Å². The normalized spacial score (nSPS) is 17.3. The summed E-state index contributed by atoms with van der Waals surface area (Å²) in [5.74, 6) is 0.581. The van der Waals surface area contributed by atoms with Crippen molar-refractivity contribution < 1.29 is 4.79 Å². The van der Waals surface area contributed by atoms with Gasteiger partial charge in [0.25, 0.3) is 5.91 Å². The van der Waals surface area contributed by atoms with Crippen molar-refractivity contribution >= 4 is 22.5 Å². The van der Waals surface area contributed by atoms with E-state index < -0.39 is 0 Å². The number of hydrogen-bond acceptors (Lipinski definition) is 6. The van der Waals surface area contributed by atoms with Gasteiger partial charge < -0.3 is 5.32 Å². The lowest BCUT2D eigenvalue weighted by atomic mass is 9.98. The van der Waals surface area contributed by atoms with Gasteiger partial charge in [-0.2, -0.15) is 5.10 Å². The van der Waals surface area contributed by atoms with Gasteiger partial charge in [0.15, 0.2) is 5.69 Å². The summed E-state index contributed by atoms with van der Waals surface area (Å²) in [6, 6.07) is 12.1.